The zero-order valence-corrected chi connectivity index (χ0v) is 14.5. The van der Waals surface area contributed by atoms with Gasteiger partial charge in [-0.15, -0.1) is 0 Å². The molecular weight excluding hydrogens is 374 g/mol. The maximum absolute atomic E-state index is 11.9. The van der Waals surface area contributed by atoms with E-state index in [0.29, 0.717) is 13.0 Å². The molecule has 1 rings (SSSR count). The zero-order valence-electron chi connectivity index (χ0n) is 11.4. The van der Waals surface area contributed by atoms with Crippen LogP contribution in [0.2, 0.25) is 0 Å². The second kappa shape index (κ2) is 6.86. The third kappa shape index (κ3) is 4.58. The van der Waals surface area contributed by atoms with Crippen LogP contribution in [0.15, 0.2) is 27.1 Å². The van der Waals surface area contributed by atoms with Crippen LogP contribution in [0.5, 0.6) is 0 Å². The minimum Gasteiger partial charge on any atom is -0.466 e. The van der Waals surface area contributed by atoms with E-state index in [1.807, 2.05) is 32.0 Å². The number of hydrogen-bond donors (Lipinski definition) is 1. The monoisotopic (exact) mass is 391 g/mol. The van der Waals surface area contributed by atoms with E-state index in [0.717, 1.165) is 14.5 Å². The molecule has 106 valence electrons. The molecule has 0 saturated heterocycles. The van der Waals surface area contributed by atoms with Gasteiger partial charge in [-0.2, -0.15) is 0 Å². The fourth-order valence-electron chi connectivity index (χ4n) is 1.87. The van der Waals surface area contributed by atoms with E-state index in [9.17, 15) is 4.79 Å². The molecular formula is C14H19Br2NO2. The minimum atomic E-state index is -0.600. The van der Waals surface area contributed by atoms with Crippen molar-refractivity contribution in [3.8, 4) is 0 Å². The molecule has 1 atom stereocenters. The lowest BCUT2D eigenvalue weighted by molar-refractivity contribution is -0.154. The molecule has 0 radical (unpaired) electrons. The second-order valence-corrected chi connectivity index (χ2v) is 6.85. The van der Waals surface area contributed by atoms with Crippen LogP contribution >= 0.6 is 31.9 Å². The van der Waals surface area contributed by atoms with E-state index in [-0.39, 0.29) is 12.0 Å². The Labute approximate surface area is 131 Å². The SMILES string of the molecule is CCOC(=O)C(C)(C)CC(N)c1cc(Br)ccc1Br. The van der Waals surface area contributed by atoms with E-state index in [1.165, 1.54) is 0 Å². The number of nitrogens with two attached hydrogens (primary N) is 1. The summed E-state index contributed by atoms with van der Waals surface area (Å²) in [5.74, 6) is -0.212. The van der Waals surface area contributed by atoms with Crippen molar-refractivity contribution in [2.75, 3.05) is 6.61 Å². The molecule has 1 aromatic rings. The summed E-state index contributed by atoms with van der Waals surface area (Å²) in [5, 5.41) is 0. The maximum atomic E-state index is 11.9. The molecule has 0 spiro atoms. The number of hydrogen-bond acceptors (Lipinski definition) is 3. The van der Waals surface area contributed by atoms with Crippen LogP contribution in [0, 0.1) is 5.41 Å². The van der Waals surface area contributed by atoms with Crippen molar-refractivity contribution in [1.82, 2.24) is 0 Å². The third-order valence-corrected chi connectivity index (χ3v) is 4.13. The topological polar surface area (TPSA) is 52.3 Å². The highest BCUT2D eigenvalue weighted by molar-refractivity contribution is 9.11. The van der Waals surface area contributed by atoms with Crippen LogP contribution in [-0.4, -0.2) is 12.6 Å². The molecule has 0 bridgehead atoms. The molecule has 0 aliphatic heterocycles. The van der Waals surface area contributed by atoms with Crippen LogP contribution < -0.4 is 5.73 Å². The van der Waals surface area contributed by atoms with Gasteiger partial charge < -0.3 is 10.5 Å². The average molecular weight is 393 g/mol. The smallest absolute Gasteiger partial charge is 0.311 e. The van der Waals surface area contributed by atoms with Gasteiger partial charge in [-0.1, -0.05) is 31.9 Å². The summed E-state index contributed by atoms with van der Waals surface area (Å²) >= 11 is 6.92. The van der Waals surface area contributed by atoms with Crippen molar-refractivity contribution in [3.63, 3.8) is 0 Å². The van der Waals surface area contributed by atoms with Crippen LogP contribution in [-0.2, 0) is 9.53 Å². The van der Waals surface area contributed by atoms with Crippen molar-refractivity contribution in [2.24, 2.45) is 11.1 Å². The average Bonchev–Trinajstić information content (AvgIpc) is 2.32. The van der Waals surface area contributed by atoms with Gasteiger partial charge in [0.1, 0.15) is 0 Å². The van der Waals surface area contributed by atoms with Crippen LogP contribution in [0.4, 0.5) is 0 Å². The quantitative estimate of drug-likeness (QED) is 0.764. The predicted molar refractivity (Wildman–Crippen MR) is 83.8 cm³/mol. The van der Waals surface area contributed by atoms with Gasteiger partial charge >= 0.3 is 5.97 Å². The van der Waals surface area contributed by atoms with Gasteiger partial charge in [-0.3, -0.25) is 4.79 Å². The number of carbonyl (C=O) groups is 1. The Hall–Kier alpha value is -0.390. The molecule has 0 aliphatic carbocycles. The van der Waals surface area contributed by atoms with Crippen molar-refractivity contribution in [3.05, 3.63) is 32.7 Å². The van der Waals surface area contributed by atoms with Gasteiger partial charge in [-0.25, -0.2) is 0 Å². The van der Waals surface area contributed by atoms with E-state index >= 15 is 0 Å². The van der Waals surface area contributed by atoms with E-state index in [1.54, 1.807) is 6.92 Å². The Morgan fingerprint density at radius 2 is 2.05 bits per heavy atom. The van der Waals surface area contributed by atoms with Crippen LogP contribution in [0.25, 0.3) is 0 Å². The number of rotatable bonds is 5. The molecule has 0 heterocycles. The fraction of sp³-hybridized carbons (Fsp3) is 0.500. The Balaban J connectivity index is 2.86. The molecule has 2 N–H and O–H groups in total. The number of halogens is 2. The summed E-state index contributed by atoms with van der Waals surface area (Å²) in [4.78, 5) is 11.9. The van der Waals surface area contributed by atoms with Crippen molar-refractivity contribution >= 4 is 37.8 Å². The maximum Gasteiger partial charge on any atom is 0.311 e. The standard InChI is InChI=1S/C14H19Br2NO2/c1-4-19-13(18)14(2,3)8-12(17)10-7-9(15)5-6-11(10)16/h5-7,12H,4,8,17H2,1-3H3. The summed E-state index contributed by atoms with van der Waals surface area (Å²) in [6, 6.07) is 5.62. The van der Waals surface area contributed by atoms with E-state index in [2.05, 4.69) is 31.9 Å². The lowest BCUT2D eigenvalue weighted by atomic mass is 9.84. The van der Waals surface area contributed by atoms with Gasteiger partial charge in [0.15, 0.2) is 0 Å². The molecule has 0 aromatic heterocycles. The first-order chi connectivity index (χ1) is 8.77. The minimum absolute atomic E-state index is 0.212. The molecule has 1 aromatic carbocycles. The largest absolute Gasteiger partial charge is 0.466 e. The Morgan fingerprint density at radius 1 is 1.42 bits per heavy atom. The summed E-state index contributed by atoms with van der Waals surface area (Å²) in [6.45, 7) is 5.91. The molecule has 1 unspecified atom stereocenters. The molecule has 19 heavy (non-hydrogen) atoms. The van der Waals surface area contributed by atoms with Gasteiger partial charge in [0.25, 0.3) is 0 Å². The normalized spacial score (nSPS) is 13.2. The highest BCUT2D eigenvalue weighted by Crippen LogP contribution is 2.34. The summed E-state index contributed by atoms with van der Waals surface area (Å²) in [7, 11) is 0. The molecule has 0 aliphatic rings. The Morgan fingerprint density at radius 3 is 2.63 bits per heavy atom. The van der Waals surface area contributed by atoms with Crippen molar-refractivity contribution in [2.45, 2.75) is 33.2 Å². The molecule has 0 amide bonds. The van der Waals surface area contributed by atoms with Gasteiger partial charge in [0.05, 0.1) is 12.0 Å². The first kappa shape index (κ1) is 16.7. The van der Waals surface area contributed by atoms with Gasteiger partial charge in [-0.05, 0) is 51.0 Å². The summed E-state index contributed by atoms with van der Waals surface area (Å²) < 4.78 is 7.00. The highest BCUT2D eigenvalue weighted by atomic mass is 79.9. The van der Waals surface area contributed by atoms with Gasteiger partial charge in [0.2, 0.25) is 0 Å². The number of benzene rings is 1. The lowest BCUT2D eigenvalue weighted by Crippen LogP contribution is -2.31. The van der Waals surface area contributed by atoms with Gasteiger partial charge in [0, 0.05) is 15.0 Å². The van der Waals surface area contributed by atoms with E-state index in [4.69, 9.17) is 10.5 Å². The summed E-state index contributed by atoms with van der Waals surface area (Å²) in [6.07, 6.45) is 0.529. The lowest BCUT2D eigenvalue weighted by Gasteiger charge is -2.26. The Kier molecular flexibility index (Phi) is 6.02. The zero-order chi connectivity index (χ0) is 14.6. The van der Waals surface area contributed by atoms with E-state index < -0.39 is 5.41 Å². The third-order valence-electron chi connectivity index (χ3n) is 2.92. The number of ether oxygens (including phenoxy) is 1. The Bertz CT molecular complexity index is 461. The molecule has 5 heteroatoms. The molecule has 0 fully saturated rings. The fourth-order valence-corrected chi connectivity index (χ4v) is 2.79. The molecule has 0 saturated carbocycles. The number of esters is 1. The first-order valence-electron chi connectivity index (χ1n) is 6.15. The predicted octanol–water partition coefficient (Wildman–Crippen LogP) is 4.19. The van der Waals surface area contributed by atoms with Crippen molar-refractivity contribution < 1.29 is 9.53 Å². The second-order valence-electron chi connectivity index (χ2n) is 5.08. The van der Waals surface area contributed by atoms with Crippen LogP contribution in [0.3, 0.4) is 0 Å². The summed E-state index contributed by atoms with van der Waals surface area (Å²) in [5.41, 5.74) is 6.60. The number of carbonyl (C=O) groups excluding carboxylic acids is 1. The molecule has 3 nitrogen and oxygen atoms in total. The first-order valence-corrected chi connectivity index (χ1v) is 7.74. The highest BCUT2D eigenvalue weighted by Gasteiger charge is 2.32. The van der Waals surface area contributed by atoms with Crippen LogP contribution in [0.1, 0.15) is 38.8 Å². The van der Waals surface area contributed by atoms with Crippen molar-refractivity contribution in [1.29, 1.82) is 0 Å².